The molecule has 1 aromatic carbocycles. The van der Waals surface area contributed by atoms with E-state index in [1.165, 1.54) is 5.56 Å². The molecule has 5 nitrogen and oxygen atoms in total. The fraction of sp³-hybridized carbons (Fsp3) is 0.562. The van der Waals surface area contributed by atoms with Crippen molar-refractivity contribution in [3.63, 3.8) is 0 Å². The topological polar surface area (TPSA) is 75.3 Å². The largest absolute Gasteiger partial charge is 0.338 e. The lowest BCUT2D eigenvalue weighted by molar-refractivity contribution is 0.230. The highest BCUT2D eigenvalue weighted by Crippen LogP contribution is 2.20. The van der Waals surface area contributed by atoms with Gasteiger partial charge in [0.05, 0.1) is 11.5 Å². The molecule has 1 atom stereocenters. The molecule has 1 unspecified atom stereocenters. The van der Waals surface area contributed by atoms with E-state index in [9.17, 15) is 13.2 Å². The number of carbonyl (C=O) groups is 1. The maximum atomic E-state index is 11.9. The van der Waals surface area contributed by atoms with Crippen molar-refractivity contribution < 1.29 is 13.2 Å². The molecule has 0 saturated carbocycles. The van der Waals surface area contributed by atoms with Crippen LogP contribution in [0.4, 0.5) is 4.79 Å². The van der Waals surface area contributed by atoms with Crippen LogP contribution in [0.15, 0.2) is 30.3 Å². The summed E-state index contributed by atoms with van der Waals surface area (Å²) in [6, 6.07) is 9.59. The maximum absolute atomic E-state index is 11.9. The van der Waals surface area contributed by atoms with Gasteiger partial charge in [0.15, 0.2) is 9.84 Å². The van der Waals surface area contributed by atoms with E-state index >= 15 is 0 Å². The third kappa shape index (κ3) is 5.33. The lowest BCUT2D eigenvalue weighted by atomic mass is 9.86. The normalized spacial score (nSPS) is 20.5. The number of sulfone groups is 1. The van der Waals surface area contributed by atoms with Crippen molar-refractivity contribution in [1.82, 2.24) is 10.6 Å². The van der Waals surface area contributed by atoms with Crippen LogP contribution in [-0.2, 0) is 16.3 Å². The fourth-order valence-electron chi connectivity index (χ4n) is 2.68. The number of urea groups is 1. The molecular weight excluding hydrogens is 300 g/mol. The quantitative estimate of drug-likeness (QED) is 0.866. The first-order valence-electron chi connectivity index (χ1n) is 7.54. The van der Waals surface area contributed by atoms with E-state index in [-0.39, 0.29) is 29.0 Å². The number of carbonyl (C=O) groups excluding carboxylic acids is 1. The number of nitrogens with one attached hydrogen (secondary N) is 2. The number of amides is 2. The Hall–Kier alpha value is -1.56. The van der Waals surface area contributed by atoms with Crippen LogP contribution < -0.4 is 10.6 Å². The Morgan fingerprint density at radius 3 is 2.55 bits per heavy atom. The molecule has 1 fully saturated rings. The first kappa shape index (κ1) is 16.8. The Bertz CT molecular complexity index is 612. The summed E-state index contributed by atoms with van der Waals surface area (Å²) in [5, 5.41) is 5.59. The van der Waals surface area contributed by atoms with Crippen LogP contribution in [0.5, 0.6) is 0 Å². The van der Waals surface area contributed by atoms with Crippen molar-refractivity contribution in [2.45, 2.75) is 32.7 Å². The van der Waals surface area contributed by atoms with Crippen LogP contribution in [0.1, 0.15) is 25.8 Å². The maximum Gasteiger partial charge on any atom is 0.315 e. The van der Waals surface area contributed by atoms with Gasteiger partial charge in [-0.05, 0) is 23.8 Å². The summed E-state index contributed by atoms with van der Waals surface area (Å²) in [7, 11) is -2.97. The molecule has 0 radical (unpaired) electrons. The van der Waals surface area contributed by atoms with Crippen molar-refractivity contribution in [3.05, 3.63) is 35.9 Å². The third-order valence-electron chi connectivity index (χ3n) is 3.82. The minimum absolute atomic E-state index is 0.0494. The second kappa shape index (κ2) is 6.69. The predicted molar refractivity (Wildman–Crippen MR) is 87.5 cm³/mol. The molecule has 0 spiro atoms. The third-order valence-corrected chi connectivity index (χ3v) is 5.59. The SMILES string of the molecule is CC(C)(CNC(=O)NC1CCS(=O)(=O)C1)Cc1ccccc1. The van der Waals surface area contributed by atoms with Crippen molar-refractivity contribution in [1.29, 1.82) is 0 Å². The highest BCUT2D eigenvalue weighted by molar-refractivity contribution is 7.91. The van der Waals surface area contributed by atoms with E-state index in [1.54, 1.807) is 0 Å². The molecule has 6 heteroatoms. The second-order valence-electron chi connectivity index (χ2n) is 6.75. The summed E-state index contributed by atoms with van der Waals surface area (Å²) < 4.78 is 22.7. The second-order valence-corrected chi connectivity index (χ2v) is 8.98. The summed E-state index contributed by atoms with van der Waals surface area (Å²) in [4.78, 5) is 11.9. The van der Waals surface area contributed by atoms with Crippen LogP contribution in [0, 0.1) is 5.41 Å². The average molecular weight is 324 g/mol. The fourth-order valence-corrected chi connectivity index (χ4v) is 4.35. The van der Waals surface area contributed by atoms with Gasteiger partial charge in [0.25, 0.3) is 0 Å². The molecule has 1 heterocycles. The minimum Gasteiger partial charge on any atom is -0.338 e. The molecule has 122 valence electrons. The van der Waals surface area contributed by atoms with E-state index in [0.717, 1.165) is 6.42 Å². The van der Waals surface area contributed by atoms with Gasteiger partial charge >= 0.3 is 6.03 Å². The molecule has 1 aromatic rings. The average Bonchev–Trinajstić information content (AvgIpc) is 2.76. The standard InChI is InChI=1S/C16H24N2O3S/c1-16(2,10-13-6-4-3-5-7-13)12-17-15(19)18-14-8-9-22(20,21)11-14/h3-7,14H,8-12H2,1-2H3,(H2,17,18,19). The zero-order chi connectivity index (χ0) is 16.2. The van der Waals surface area contributed by atoms with Crippen molar-refractivity contribution >= 4 is 15.9 Å². The van der Waals surface area contributed by atoms with E-state index < -0.39 is 9.84 Å². The summed E-state index contributed by atoms with van der Waals surface area (Å²) in [5.41, 5.74) is 1.16. The molecule has 0 bridgehead atoms. The van der Waals surface area contributed by atoms with Crippen LogP contribution in [0.2, 0.25) is 0 Å². The number of hydrogen-bond donors (Lipinski definition) is 2. The van der Waals surface area contributed by atoms with Crippen LogP contribution in [-0.4, -0.2) is 38.5 Å². The molecule has 1 aliphatic heterocycles. The van der Waals surface area contributed by atoms with Crippen LogP contribution >= 0.6 is 0 Å². The molecule has 0 aromatic heterocycles. The van der Waals surface area contributed by atoms with E-state index in [2.05, 4.69) is 36.6 Å². The van der Waals surface area contributed by atoms with Gasteiger partial charge in [0, 0.05) is 12.6 Å². The van der Waals surface area contributed by atoms with Crippen molar-refractivity contribution in [2.24, 2.45) is 5.41 Å². The minimum atomic E-state index is -2.97. The number of hydrogen-bond acceptors (Lipinski definition) is 3. The van der Waals surface area contributed by atoms with Gasteiger partial charge in [-0.3, -0.25) is 0 Å². The molecule has 2 rings (SSSR count). The molecule has 2 N–H and O–H groups in total. The highest BCUT2D eigenvalue weighted by atomic mass is 32.2. The van der Waals surface area contributed by atoms with Crippen molar-refractivity contribution in [2.75, 3.05) is 18.1 Å². The Balaban J connectivity index is 1.78. The predicted octanol–water partition coefficient (Wildman–Crippen LogP) is 1.74. The first-order chi connectivity index (χ1) is 10.3. The molecule has 0 aliphatic carbocycles. The van der Waals surface area contributed by atoms with Gasteiger partial charge in [-0.15, -0.1) is 0 Å². The Morgan fingerprint density at radius 1 is 1.27 bits per heavy atom. The zero-order valence-electron chi connectivity index (χ0n) is 13.1. The smallest absolute Gasteiger partial charge is 0.315 e. The monoisotopic (exact) mass is 324 g/mol. The summed E-state index contributed by atoms with van der Waals surface area (Å²) in [6.45, 7) is 4.73. The highest BCUT2D eigenvalue weighted by Gasteiger charge is 2.29. The van der Waals surface area contributed by atoms with Crippen molar-refractivity contribution in [3.8, 4) is 0 Å². The van der Waals surface area contributed by atoms with Gasteiger partial charge < -0.3 is 10.6 Å². The van der Waals surface area contributed by atoms with Gasteiger partial charge in [-0.2, -0.15) is 0 Å². The van der Waals surface area contributed by atoms with Crippen LogP contribution in [0.3, 0.4) is 0 Å². The van der Waals surface area contributed by atoms with Crippen LogP contribution in [0.25, 0.3) is 0 Å². The molecule has 2 amide bonds. The first-order valence-corrected chi connectivity index (χ1v) is 9.37. The van der Waals surface area contributed by atoms with E-state index in [4.69, 9.17) is 0 Å². The number of rotatable bonds is 5. The Kier molecular flexibility index (Phi) is 5.11. The summed E-state index contributed by atoms with van der Waals surface area (Å²) in [5.74, 6) is 0.214. The van der Waals surface area contributed by atoms with Gasteiger partial charge in [-0.25, -0.2) is 13.2 Å². The molecule has 1 aliphatic rings. The molecule has 22 heavy (non-hydrogen) atoms. The van der Waals surface area contributed by atoms with E-state index in [0.29, 0.717) is 13.0 Å². The zero-order valence-corrected chi connectivity index (χ0v) is 13.9. The Morgan fingerprint density at radius 2 is 1.95 bits per heavy atom. The van der Waals surface area contributed by atoms with Gasteiger partial charge in [0.1, 0.15) is 0 Å². The van der Waals surface area contributed by atoms with Gasteiger partial charge in [-0.1, -0.05) is 44.2 Å². The lowest BCUT2D eigenvalue weighted by Crippen LogP contribution is -2.45. The number of benzene rings is 1. The summed E-state index contributed by atoms with van der Waals surface area (Å²) in [6.07, 6.45) is 1.37. The molecule has 1 saturated heterocycles. The molecular formula is C16H24N2O3S. The summed E-state index contributed by atoms with van der Waals surface area (Å²) >= 11 is 0. The van der Waals surface area contributed by atoms with Gasteiger partial charge in [0.2, 0.25) is 0 Å². The van der Waals surface area contributed by atoms with E-state index in [1.807, 2.05) is 18.2 Å². The Labute approximate surface area is 132 Å². The lowest BCUT2D eigenvalue weighted by Gasteiger charge is -2.25.